The molecule has 29 heavy (non-hydrogen) atoms. The van der Waals surface area contributed by atoms with Crippen LogP contribution in [0.3, 0.4) is 0 Å². The molecule has 0 aromatic carbocycles. The number of Topliss-reactive ketones (excluding diaryl/α,β-unsaturated/α-hetero) is 1. The Balaban J connectivity index is 0.000000291. The van der Waals surface area contributed by atoms with Gasteiger partial charge in [-0.15, -0.1) is 0 Å². The zero-order valence-corrected chi connectivity index (χ0v) is 20.2. The molecule has 2 rings (SSSR count). The Morgan fingerprint density at radius 3 is 2.14 bits per heavy atom. The van der Waals surface area contributed by atoms with Gasteiger partial charge in [0.05, 0.1) is 0 Å². The average Bonchev–Trinajstić information content (AvgIpc) is 2.57. The molecule has 1 atom stereocenters. The number of carbonyl (C=O) groups is 2. The second-order valence-electron chi connectivity index (χ2n) is 10.2. The molecule has 0 amide bonds. The first-order valence-corrected chi connectivity index (χ1v) is 11.0. The number of ketones is 2. The molecule has 2 heteroatoms. The Kier molecular flexibility index (Phi) is 9.06. The van der Waals surface area contributed by atoms with Gasteiger partial charge >= 0.3 is 0 Å². The highest BCUT2D eigenvalue weighted by Crippen LogP contribution is 2.42. The summed E-state index contributed by atoms with van der Waals surface area (Å²) in [5.41, 5.74) is 5.64. The summed E-state index contributed by atoms with van der Waals surface area (Å²) in [6.07, 6.45) is 14.2. The highest BCUT2D eigenvalue weighted by atomic mass is 16.1. The smallest absolute Gasteiger partial charge is 0.155 e. The Labute approximate surface area is 179 Å². The maximum Gasteiger partial charge on any atom is 0.155 e. The van der Waals surface area contributed by atoms with Crippen LogP contribution in [-0.2, 0) is 9.59 Å². The van der Waals surface area contributed by atoms with Crippen LogP contribution in [0.2, 0.25) is 0 Å². The second kappa shape index (κ2) is 10.4. The van der Waals surface area contributed by atoms with Crippen LogP contribution in [0, 0.1) is 16.7 Å². The Bertz CT molecular complexity index is 738. The van der Waals surface area contributed by atoms with Crippen LogP contribution in [0.25, 0.3) is 0 Å². The quantitative estimate of drug-likeness (QED) is 0.361. The summed E-state index contributed by atoms with van der Waals surface area (Å²) >= 11 is 0. The van der Waals surface area contributed by atoms with E-state index >= 15 is 0 Å². The van der Waals surface area contributed by atoms with E-state index in [0.29, 0.717) is 5.92 Å². The van der Waals surface area contributed by atoms with Crippen LogP contribution < -0.4 is 0 Å². The highest BCUT2D eigenvalue weighted by Gasteiger charge is 2.31. The SMILES string of the molecule is CC(=O)/C(C)=C/C1C(C)=CCCC1(C)C.CC(=O)/C=C/C1=C(C)CCCC1(C)C. The fraction of sp³-hybridized carbons (Fsp3) is 0.630. The molecule has 0 saturated carbocycles. The van der Waals surface area contributed by atoms with Gasteiger partial charge in [-0.1, -0.05) is 57.1 Å². The van der Waals surface area contributed by atoms with Gasteiger partial charge in [-0.05, 0) is 94.8 Å². The predicted octanol–water partition coefficient (Wildman–Crippen LogP) is 7.56. The van der Waals surface area contributed by atoms with Gasteiger partial charge in [0.25, 0.3) is 0 Å². The topological polar surface area (TPSA) is 34.1 Å². The molecule has 0 heterocycles. The molecular formula is C27H42O2. The van der Waals surface area contributed by atoms with Crippen LogP contribution in [0.1, 0.15) is 94.4 Å². The minimum Gasteiger partial charge on any atom is -0.295 e. The van der Waals surface area contributed by atoms with E-state index in [-0.39, 0.29) is 22.4 Å². The lowest BCUT2D eigenvalue weighted by molar-refractivity contribution is -0.114. The maximum absolute atomic E-state index is 11.2. The van der Waals surface area contributed by atoms with Crippen LogP contribution in [0.4, 0.5) is 0 Å². The van der Waals surface area contributed by atoms with Gasteiger partial charge in [-0.25, -0.2) is 0 Å². The van der Waals surface area contributed by atoms with E-state index in [1.165, 1.54) is 48.8 Å². The molecule has 2 aliphatic carbocycles. The molecule has 0 fully saturated rings. The highest BCUT2D eigenvalue weighted by molar-refractivity contribution is 5.92. The van der Waals surface area contributed by atoms with Crippen molar-refractivity contribution in [2.45, 2.75) is 94.4 Å². The molecule has 0 N–H and O–H groups in total. The van der Waals surface area contributed by atoms with Crippen LogP contribution in [0.15, 0.2) is 46.6 Å². The zero-order valence-electron chi connectivity index (χ0n) is 20.2. The van der Waals surface area contributed by atoms with Gasteiger partial charge < -0.3 is 0 Å². The fourth-order valence-electron chi connectivity index (χ4n) is 4.51. The molecule has 2 nitrogen and oxygen atoms in total. The van der Waals surface area contributed by atoms with Crippen molar-refractivity contribution in [3.8, 4) is 0 Å². The van der Waals surface area contributed by atoms with Crippen molar-refractivity contribution in [3.05, 3.63) is 46.6 Å². The van der Waals surface area contributed by atoms with Crippen LogP contribution in [0.5, 0.6) is 0 Å². The van der Waals surface area contributed by atoms with Gasteiger partial charge in [0.15, 0.2) is 11.6 Å². The average molecular weight is 399 g/mol. The summed E-state index contributed by atoms with van der Waals surface area (Å²) in [4.78, 5) is 22.1. The molecule has 162 valence electrons. The van der Waals surface area contributed by atoms with Crippen molar-refractivity contribution >= 4 is 11.6 Å². The lowest BCUT2D eigenvalue weighted by Gasteiger charge is -2.37. The predicted molar refractivity (Wildman–Crippen MR) is 125 cm³/mol. The maximum atomic E-state index is 11.2. The molecular weight excluding hydrogens is 356 g/mol. The van der Waals surface area contributed by atoms with Crippen LogP contribution in [-0.4, -0.2) is 11.6 Å². The lowest BCUT2D eigenvalue weighted by Crippen LogP contribution is -2.26. The number of rotatable bonds is 4. The minimum absolute atomic E-state index is 0.131. The first-order valence-electron chi connectivity index (χ1n) is 11.0. The van der Waals surface area contributed by atoms with Crippen molar-refractivity contribution in [1.29, 1.82) is 0 Å². The third-order valence-corrected chi connectivity index (χ3v) is 6.59. The molecule has 2 aliphatic rings. The monoisotopic (exact) mass is 398 g/mol. The first kappa shape index (κ1) is 25.3. The third kappa shape index (κ3) is 7.57. The molecule has 0 aromatic heterocycles. The Morgan fingerprint density at radius 2 is 1.66 bits per heavy atom. The van der Waals surface area contributed by atoms with E-state index in [4.69, 9.17) is 0 Å². The van der Waals surface area contributed by atoms with E-state index in [1.54, 1.807) is 19.9 Å². The van der Waals surface area contributed by atoms with Crippen molar-refractivity contribution in [2.75, 3.05) is 0 Å². The zero-order chi connectivity index (χ0) is 22.4. The molecule has 0 radical (unpaired) electrons. The fourth-order valence-corrected chi connectivity index (χ4v) is 4.51. The first-order chi connectivity index (χ1) is 13.3. The molecule has 1 unspecified atom stereocenters. The second-order valence-corrected chi connectivity index (χ2v) is 10.2. The van der Waals surface area contributed by atoms with E-state index in [9.17, 15) is 9.59 Å². The lowest BCUT2D eigenvalue weighted by atomic mass is 9.68. The van der Waals surface area contributed by atoms with Gasteiger partial charge in [0.2, 0.25) is 0 Å². The normalized spacial score (nSPS) is 24.0. The number of hydrogen-bond donors (Lipinski definition) is 0. The Morgan fingerprint density at radius 1 is 1.03 bits per heavy atom. The third-order valence-electron chi connectivity index (χ3n) is 6.59. The number of carbonyl (C=O) groups excluding carboxylic acids is 2. The summed E-state index contributed by atoms with van der Waals surface area (Å²) in [6.45, 7) is 18.6. The molecule has 0 aliphatic heterocycles. The van der Waals surface area contributed by atoms with Crippen molar-refractivity contribution in [3.63, 3.8) is 0 Å². The van der Waals surface area contributed by atoms with Crippen LogP contribution >= 0.6 is 0 Å². The van der Waals surface area contributed by atoms with Gasteiger partial charge in [-0.3, -0.25) is 9.59 Å². The van der Waals surface area contributed by atoms with Gasteiger partial charge in [0, 0.05) is 5.92 Å². The van der Waals surface area contributed by atoms with E-state index < -0.39 is 0 Å². The van der Waals surface area contributed by atoms with Crippen molar-refractivity contribution in [1.82, 2.24) is 0 Å². The summed E-state index contributed by atoms with van der Waals surface area (Å²) in [6, 6.07) is 0. The standard InChI is InChI=1S/C14H22O.C13H20O/c1-10-7-6-8-14(4,5)13(10)9-11(2)12(3)15;1-10-6-5-9-13(3,4)12(10)8-7-11(2)14/h7,9,13H,6,8H2,1-5H3;7-8H,5-6,9H2,1-4H3/b11-9+;8-7+. The number of allylic oxidation sites excluding steroid dienone is 8. The Hall–Kier alpha value is -1.70. The van der Waals surface area contributed by atoms with Gasteiger partial charge in [0.1, 0.15) is 0 Å². The van der Waals surface area contributed by atoms with Crippen molar-refractivity contribution < 1.29 is 9.59 Å². The summed E-state index contributed by atoms with van der Waals surface area (Å²) in [7, 11) is 0. The largest absolute Gasteiger partial charge is 0.295 e. The van der Waals surface area contributed by atoms with Crippen molar-refractivity contribution in [2.24, 2.45) is 16.7 Å². The van der Waals surface area contributed by atoms with E-state index in [1.807, 2.05) is 13.0 Å². The molecule has 0 bridgehead atoms. The minimum atomic E-state index is 0.131. The molecule has 0 aromatic rings. The molecule has 0 saturated heterocycles. The summed E-state index contributed by atoms with van der Waals surface area (Å²) < 4.78 is 0. The van der Waals surface area contributed by atoms with E-state index in [0.717, 1.165) is 5.57 Å². The number of hydrogen-bond acceptors (Lipinski definition) is 2. The summed E-state index contributed by atoms with van der Waals surface area (Å²) in [5, 5.41) is 0. The van der Waals surface area contributed by atoms with E-state index in [2.05, 4.69) is 53.7 Å². The summed E-state index contributed by atoms with van der Waals surface area (Å²) in [5.74, 6) is 0.742. The molecule has 0 spiro atoms. The van der Waals surface area contributed by atoms with Gasteiger partial charge in [-0.2, -0.15) is 0 Å².